The fraction of sp³-hybridized carbons (Fsp3) is 0.588. The molecule has 3 rings (SSSR count). The predicted molar refractivity (Wildman–Crippen MR) is 93.0 cm³/mol. The Hall–Kier alpha value is -1.26. The second kappa shape index (κ2) is 7.34. The van der Waals surface area contributed by atoms with Crippen LogP contribution in [0.25, 0.3) is 0 Å². The molecule has 2 aliphatic rings. The number of piperazine rings is 1. The number of nitrogens with zero attached hydrogens (tertiary/aromatic N) is 2. The van der Waals surface area contributed by atoms with Gasteiger partial charge < -0.3 is 15.1 Å². The van der Waals surface area contributed by atoms with Crippen molar-refractivity contribution < 1.29 is 4.79 Å². The first-order chi connectivity index (χ1) is 10.2. The molecule has 0 spiro atoms. The van der Waals surface area contributed by atoms with Crippen LogP contribution in [0, 0.1) is 13.8 Å². The molecule has 1 amide bonds. The van der Waals surface area contributed by atoms with E-state index in [4.69, 9.17) is 0 Å². The van der Waals surface area contributed by atoms with Crippen LogP contribution in [0.1, 0.15) is 24.0 Å². The van der Waals surface area contributed by atoms with E-state index in [0.29, 0.717) is 5.91 Å². The van der Waals surface area contributed by atoms with Crippen LogP contribution in [0.5, 0.6) is 0 Å². The molecule has 1 atom stereocenters. The van der Waals surface area contributed by atoms with Gasteiger partial charge in [0.2, 0.25) is 5.91 Å². The average Bonchev–Trinajstić information content (AvgIpc) is 3.04. The third-order valence-electron chi connectivity index (χ3n) is 4.87. The summed E-state index contributed by atoms with van der Waals surface area (Å²) < 4.78 is 0. The third-order valence-corrected chi connectivity index (χ3v) is 4.87. The van der Waals surface area contributed by atoms with E-state index < -0.39 is 0 Å². The van der Waals surface area contributed by atoms with Gasteiger partial charge in [0.15, 0.2) is 0 Å². The molecule has 0 aromatic heterocycles. The number of carbonyl (C=O) groups is 1. The highest BCUT2D eigenvalue weighted by molar-refractivity contribution is 5.85. The number of anilines is 1. The van der Waals surface area contributed by atoms with Crippen LogP contribution < -0.4 is 10.2 Å². The van der Waals surface area contributed by atoms with Gasteiger partial charge >= 0.3 is 0 Å². The first-order valence-electron chi connectivity index (χ1n) is 8.00. The van der Waals surface area contributed by atoms with Crippen molar-refractivity contribution in [2.24, 2.45) is 0 Å². The summed E-state index contributed by atoms with van der Waals surface area (Å²) in [4.78, 5) is 16.9. The summed E-state index contributed by atoms with van der Waals surface area (Å²) in [6.45, 7) is 8.87. The molecule has 0 aliphatic carbocycles. The van der Waals surface area contributed by atoms with Crippen molar-refractivity contribution in [3.05, 3.63) is 29.3 Å². The smallest absolute Gasteiger partial charge is 0.239 e. The van der Waals surface area contributed by atoms with Crippen LogP contribution in [0.4, 0.5) is 5.69 Å². The summed E-state index contributed by atoms with van der Waals surface area (Å²) in [6.07, 6.45) is 2.12. The molecule has 2 fully saturated rings. The molecule has 0 bridgehead atoms. The van der Waals surface area contributed by atoms with Crippen molar-refractivity contribution in [1.29, 1.82) is 0 Å². The predicted octanol–water partition coefficient (Wildman–Crippen LogP) is 2.13. The Bertz CT molecular complexity index is 521. The quantitative estimate of drug-likeness (QED) is 0.905. The topological polar surface area (TPSA) is 35.6 Å². The third kappa shape index (κ3) is 3.39. The highest BCUT2D eigenvalue weighted by Crippen LogP contribution is 2.24. The Morgan fingerprint density at radius 2 is 1.91 bits per heavy atom. The van der Waals surface area contributed by atoms with Crippen molar-refractivity contribution in [3.8, 4) is 0 Å². The number of rotatable bonds is 2. The molecule has 4 nitrogen and oxygen atoms in total. The molecular weight excluding hydrogens is 298 g/mol. The largest absolute Gasteiger partial charge is 0.368 e. The summed E-state index contributed by atoms with van der Waals surface area (Å²) in [5, 5.41) is 3.31. The molecule has 1 aromatic carbocycles. The van der Waals surface area contributed by atoms with Crippen molar-refractivity contribution in [2.45, 2.75) is 32.7 Å². The van der Waals surface area contributed by atoms with E-state index >= 15 is 0 Å². The van der Waals surface area contributed by atoms with Gasteiger partial charge in [-0.3, -0.25) is 4.79 Å². The van der Waals surface area contributed by atoms with Gasteiger partial charge in [-0.25, -0.2) is 0 Å². The van der Waals surface area contributed by atoms with Crippen LogP contribution in [0.15, 0.2) is 18.2 Å². The fourth-order valence-electron chi connectivity index (χ4n) is 3.36. The monoisotopic (exact) mass is 323 g/mol. The molecule has 5 heteroatoms. The average molecular weight is 324 g/mol. The first-order valence-corrected chi connectivity index (χ1v) is 8.00. The SMILES string of the molecule is Cc1cccc(N2CCN(C(=O)C3CCCN3)CC2)c1C.Cl. The Balaban J connectivity index is 0.00000176. The van der Waals surface area contributed by atoms with Crippen molar-refractivity contribution >= 4 is 24.0 Å². The van der Waals surface area contributed by atoms with Gasteiger partial charge in [0.25, 0.3) is 0 Å². The Morgan fingerprint density at radius 3 is 2.55 bits per heavy atom. The highest BCUT2D eigenvalue weighted by Gasteiger charge is 2.29. The molecule has 122 valence electrons. The fourth-order valence-corrected chi connectivity index (χ4v) is 3.36. The molecule has 1 unspecified atom stereocenters. The van der Waals surface area contributed by atoms with Crippen LogP contribution in [-0.2, 0) is 4.79 Å². The second-order valence-corrected chi connectivity index (χ2v) is 6.18. The van der Waals surface area contributed by atoms with Gasteiger partial charge in [0, 0.05) is 31.9 Å². The molecular formula is C17H26ClN3O. The van der Waals surface area contributed by atoms with Gasteiger partial charge in [-0.05, 0) is 50.4 Å². The standard InChI is InChI=1S/C17H25N3O.ClH/c1-13-5-3-7-16(14(13)2)19-9-11-20(12-10-19)17(21)15-6-4-8-18-15;/h3,5,7,15,18H,4,6,8-12H2,1-2H3;1H. The highest BCUT2D eigenvalue weighted by atomic mass is 35.5. The lowest BCUT2D eigenvalue weighted by Crippen LogP contribution is -2.53. The number of nitrogens with one attached hydrogen (secondary N) is 1. The lowest BCUT2D eigenvalue weighted by atomic mass is 10.1. The van der Waals surface area contributed by atoms with Gasteiger partial charge in [-0.1, -0.05) is 12.1 Å². The molecule has 0 saturated carbocycles. The van der Waals surface area contributed by atoms with Crippen LogP contribution >= 0.6 is 12.4 Å². The molecule has 2 aliphatic heterocycles. The second-order valence-electron chi connectivity index (χ2n) is 6.18. The number of halogens is 1. The summed E-state index contributed by atoms with van der Waals surface area (Å²) in [6, 6.07) is 6.54. The van der Waals surface area contributed by atoms with Crippen LogP contribution in [0.3, 0.4) is 0 Å². The van der Waals surface area contributed by atoms with Gasteiger partial charge in [0.1, 0.15) is 0 Å². The van der Waals surface area contributed by atoms with Crippen molar-refractivity contribution in [2.75, 3.05) is 37.6 Å². The minimum atomic E-state index is 0. The molecule has 2 saturated heterocycles. The normalized spacial score (nSPS) is 21.6. The first kappa shape index (κ1) is 17.1. The number of amides is 1. The zero-order chi connectivity index (χ0) is 14.8. The zero-order valence-electron chi connectivity index (χ0n) is 13.5. The van der Waals surface area contributed by atoms with Gasteiger partial charge in [-0.15, -0.1) is 12.4 Å². The summed E-state index contributed by atoms with van der Waals surface area (Å²) >= 11 is 0. The number of hydrogen-bond acceptors (Lipinski definition) is 3. The molecule has 1 aromatic rings. The summed E-state index contributed by atoms with van der Waals surface area (Å²) in [5.74, 6) is 0.299. The number of aryl methyl sites for hydroxylation is 1. The lowest BCUT2D eigenvalue weighted by molar-refractivity contribution is -0.133. The van der Waals surface area contributed by atoms with E-state index in [1.165, 1.54) is 16.8 Å². The summed E-state index contributed by atoms with van der Waals surface area (Å²) in [5.41, 5.74) is 4.01. The molecule has 1 N–H and O–H groups in total. The Morgan fingerprint density at radius 1 is 1.18 bits per heavy atom. The van der Waals surface area contributed by atoms with Crippen LogP contribution in [0.2, 0.25) is 0 Å². The van der Waals surface area contributed by atoms with Crippen molar-refractivity contribution in [1.82, 2.24) is 10.2 Å². The minimum Gasteiger partial charge on any atom is -0.368 e. The Labute approximate surface area is 139 Å². The maximum absolute atomic E-state index is 12.4. The van der Waals surface area contributed by atoms with E-state index in [1.54, 1.807) is 0 Å². The molecule has 0 radical (unpaired) electrons. The zero-order valence-corrected chi connectivity index (χ0v) is 14.3. The van der Waals surface area contributed by atoms with E-state index in [-0.39, 0.29) is 18.4 Å². The van der Waals surface area contributed by atoms with E-state index in [1.807, 2.05) is 4.90 Å². The Kier molecular flexibility index (Phi) is 5.70. The van der Waals surface area contributed by atoms with Gasteiger partial charge in [-0.2, -0.15) is 0 Å². The van der Waals surface area contributed by atoms with E-state index in [9.17, 15) is 4.79 Å². The van der Waals surface area contributed by atoms with E-state index in [2.05, 4.69) is 42.3 Å². The molecule has 22 heavy (non-hydrogen) atoms. The number of benzene rings is 1. The minimum absolute atomic E-state index is 0. The molecule has 2 heterocycles. The van der Waals surface area contributed by atoms with Crippen molar-refractivity contribution in [3.63, 3.8) is 0 Å². The number of hydrogen-bond donors (Lipinski definition) is 1. The van der Waals surface area contributed by atoms with Gasteiger partial charge in [0.05, 0.1) is 6.04 Å². The maximum Gasteiger partial charge on any atom is 0.239 e. The number of carbonyl (C=O) groups excluding carboxylic acids is 1. The lowest BCUT2D eigenvalue weighted by Gasteiger charge is -2.38. The maximum atomic E-state index is 12.4. The van der Waals surface area contributed by atoms with Crippen LogP contribution in [-0.4, -0.2) is 49.6 Å². The van der Waals surface area contributed by atoms with E-state index in [0.717, 1.165) is 45.6 Å². The summed E-state index contributed by atoms with van der Waals surface area (Å²) in [7, 11) is 0.